The van der Waals surface area contributed by atoms with Crippen LogP contribution in [0.5, 0.6) is 0 Å². The normalized spacial score (nSPS) is 15.8. The van der Waals surface area contributed by atoms with Crippen molar-refractivity contribution in [3.63, 3.8) is 0 Å². The monoisotopic (exact) mass is 349 g/mol. The topological polar surface area (TPSA) is 52.7 Å². The number of carbonyl (C=O) groups excluding carboxylic acids is 2. The van der Waals surface area contributed by atoms with Gasteiger partial charge in [-0.25, -0.2) is 13.2 Å². The molecule has 0 aromatic heterocycles. The number of benzene rings is 1. The molecule has 0 bridgehead atoms. The molecule has 1 heterocycles. The van der Waals surface area contributed by atoms with E-state index in [0.717, 1.165) is 12.1 Å². The van der Waals surface area contributed by atoms with E-state index in [2.05, 4.69) is 5.32 Å². The van der Waals surface area contributed by atoms with Gasteiger partial charge in [0, 0.05) is 26.2 Å². The second kappa shape index (κ2) is 7.65. The molecule has 1 aromatic carbocycles. The molecule has 0 aliphatic carbocycles. The van der Waals surface area contributed by atoms with Crippen molar-refractivity contribution >= 4 is 29.1 Å². The van der Waals surface area contributed by atoms with Crippen LogP contribution in [-0.2, 0) is 9.59 Å². The average Bonchev–Trinajstić information content (AvgIpc) is 2.50. The highest BCUT2D eigenvalue weighted by atomic mass is 35.5. The van der Waals surface area contributed by atoms with Crippen molar-refractivity contribution in [3.8, 4) is 0 Å². The number of hydrogen-bond acceptors (Lipinski definition) is 3. The zero-order chi connectivity index (χ0) is 17.0. The van der Waals surface area contributed by atoms with Gasteiger partial charge in [-0.15, -0.1) is 0 Å². The number of rotatable bonds is 3. The first-order chi connectivity index (χ1) is 10.9. The molecular formula is C14H15ClF3N3O2. The van der Waals surface area contributed by atoms with Gasteiger partial charge in [-0.3, -0.25) is 14.5 Å². The number of carbonyl (C=O) groups is 2. The van der Waals surface area contributed by atoms with Crippen LogP contribution in [0.1, 0.15) is 0 Å². The van der Waals surface area contributed by atoms with Crippen molar-refractivity contribution in [2.24, 2.45) is 0 Å². The Morgan fingerprint density at radius 2 is 1.87 bits per heavy atom. The third-order valence-electron chi connectivity index (χ3n) is 3.43. The third kappa shape index (κ3) is 4.84. The van der Waals surface area contributed by atoms with Gasteiger partial charge in [0.15, 0.2) is 0 Å². The molecule has 0 spiro atoms. The molecule has 1 aromatic rings. The molecule has 1 aliphatic heterocycles. The van der Waals surface area contributed by atoms with Gasteiger partial charge in [0.2, 0.25) is 0 Å². The van der Waals surface area contributed by atoms with Crippen molar-refractivity contribution in [1.82, 2.24) is 9.80 Å². The van der Waals surface area contributed by atoms with Crippen LogP contribution in [0.3, 0.4) is 0 Å². The molecule has 126 valence electrons. The number of amides is 2. The first-order valence-corrected chi connectivity index (χ1v) is 7.30. The number of alkyl halides is 2. The molecule has 1 fully saturated rings. The van der Waals surface area contributed by atoms with Crippen LogP contribution in [0, 0.1) is 5.82 Å². The maximum absolute atomic E-state index is 13.1. The molecule has 0 saturated carbocycles. The zero-order valence-corrected chi connectivity index (χ0v) is 12.8. The zero-order valence-electron chi connectivity index (χ0n) is 12.1. The summed E-state index contributed by atoms with van der Waals surface area (Å²) in [6.07, 6.45) is -2.43. The van der Waals surface area contributed by atoms with Crippen molar-refractivity contribution < 1.29 is 22.8 Å². The Morgan fingerprint density at radius 3 is 2.48 bits per heavy atom. The smallest absolute Gasteiger partial charge is 0.313 e. The SMILES string of the molecule is O=C(Nc1cc(F)ccc1Cl)C(=O)N1CCN(CC(F)F)CC1. The molecule has 0 radical (unpaired) electrons. The fourth-order valence-corrected chi connectivity index (χ4v) is 2.41. The first-order valence-electron chi connectivity index (χ1n) is 6.92. The lowest BCUT2D eigenvalue weighted by molar-refractivity contribution is -0.144. The Morgan fingerprint density at radius 1 is 1.22 bits per heavy atom. The van der Waals surface area contributed by atoms with Crippen LogP contribution in [0.2, 0.25) is 5.02 Å². The quantitative estimate of drug-likeness (QED) is 0.847. The van der Waals surface area contributed by atoms with Gasteiger partial charge < -0.3 is 10.2 Å². The van der Waals surface area contributed by atoms with Gasteiger partial charge in [-0.05, 0) is 18.2 Å². The molecular weight excluding hydrogens is 335 g/mol. The summed E-state index contributed by atoms with van der Waals surface area (Å²) in [5.74, 6) is -2.35. The maximum atomic E-state index is 13.1. The molecule has 0 unspecified atom stereocenters. The third-order valence-corrected chi connectivity index (χ3v) is 3.76. The Hall–Kier alpha value is -1.80. The summed E-state index contributed by atoms with van der Waals surface area (Å²) >= 11 is 5.81. The lowest BCUT2D eigenvalue weighted by Gasteiger charge is -2.34. The van der Waals surface area contributed by atoms with E-state index < -0.39 is 24.1 Å². The minimum atomic E-state index is -2.43. The minimum absolute atomic E-state index is 0.00125. The van der Waals surface area contributed by atoms with Crippen LogP contribution in [-0.4, -0.2) is 60.8 Å². The second-order valence-electron chi connectivity index (χ2n) is 5.06. The number of nitrogens with one attached hydrogen (secondary N) is 1. The summed E-state index contributed by atoms with van der Waals surface area (Å²) in [5.41, 5.74) is 0.00125. The highest BCUT2D eigenvalue weighted by Gasteiger charge is 2.27. The second-order valence-corrected chi connectivity index (χ2v) is 5.47. The Balaban J connectivity index is 1.91. The molecule has 1 saturated heterocycles. The number of halogens is 4. The molecule has 5 nitrogen and oxygen atoms in total. The van der Waals surface area contributed by atoms with Gasteiger partial charge in [-0.2, -0.15) is 0 Å². The number of piperazine rings is 1. The van der Waals surface area contributed by atoms with Gasteiger partial charge in [0.05, 0.1) is 17.3 Å². The van der Waals surface area contributed by atoms with Crippen LogP contribution in [0.25, 0.3) is 0 Å². The summed E-state index contributed by atoms with van der Waals surface area (Å²) in [6, 6.07) is 3.40. The largest absolute Gasteiger partial charge is 0.332 e. The summed E-state index contributed by atoms with van der Waals surface area (Å²) < 4.78 is 37.7. The maximum Gasteiger partial charge on any atom is 0.313 e. The average molecular weight is 350 g/mol. The predicted molar refractivity (Wildman–Crippen MR) is 79.1 cm³/mol. The highest BCUT2D eigenvalue weighted by molar-refractivity contribution is 6.41. The first kappa shape index (κ1) is 17.6. The Kier molecular flexibility index (Phi) is 5.84. The van der Waals surface area contributed by atoms with E-state index in [0.29, 0.717) is 0 Å². The number of nitrogens with zero attached hydrogens (tertiary/aromatic N) is 2. The number of anilines is 1. The summed E-state index contributed by atoms with van der Waals surface area (Å²) in [7, 11) is 0. The summed E-state index contributed by atoms with van der Waals surface area (Å²) in [4.78, 5) is 26.7. The van der Waals surface area contributed by atoms with E-state index in [1.807, 2.05) is 0 Å². The van der Waals surface area contributed by atoms with Crippen molar-refractivity contribution in [2.75, 3.05) is 38.0 Å². The lowest BCUT2D eigenvalue weighted by Crippen LogP contribution is -2.52. The lowest BCUT2D eigenvalue weighted by atomic mass is 10.2. The minimum Gasteiger partial charge on any atom is -0.332 e. The predicted octanol–water partition coefficient (Wildman–Crippen LogP) is 1.83. The van der Waals surface area contributed by atoms with Crippen LogP contribution < -0.4 is 5.32 Å². The van der Waals surface area contributed by atoms with Gasteiger partial charge in [-0.1, -0.05) is 11.6 Å². The van der Waals surface area contributed by atoms with E-state index >= 15 is 0 Å². The van der Waals surface area contributed by atoms with Crippen LogP contribution >= 0.6 is 11.6 Å². The van der Waals surface area contributed by atoms with E-state index in [1.165, 1.54) is 15.9 Å². The number of hydrogen-bond donors (Lipinski definition) is 1. The fraction of sp³-hybridized carbons (Fsp3) is 0.429. The Labute approximate surface area is 136 Å². The molecule has 2 amide bonds. The molecule has 1 N–H and O–H groups in total. The summed E-state index contributed by atoms with van der Waals surface area (Å²) in [5, 5.41) is 2.36. The van der Waals surface area contributed by atoms with Crippen LogP contribution in [0.15, 0.2) is 18.2 Å². The van der Waals surface area contributed by atoms with Gasteiger partial charge in [0.25, 0.3) is 6.43 Å². The summed E-state index contributed by atoms with van der Waals surface area (Å²) in [6.45, 7) is 0.535. The van der Waals surface area contributed by atoms with Crippen molar-refractivity contribution in [1.29, 1.82) is 0 Å². The van der Waals surface area contributed by atoms with Gasteiger partial charge in [0.1, 0.15) is 5.82 Å². The standard InChI is InChI=1S/C14H15ClF3N3O2/c15-10-2-1-9(16)7-11(10)19-13(22)14(23)21-5-3-20(4-6-21)8-12(17)18/h1-2,7,12H,3-6,8H2,(H,19,22). The van der Waals surface area contributed by atoms with Gasteiger partial charge >= 0.3 is 11.8 Å². The highest BCUT2D eigenvalue weighted by Crippen LogP contribution is 2.22. The molecule has 0 atom stereocenters. The molecule has 1 aliphatic rings. The van der Waals surface area contributed by atoms with E-state index in [9.17, 15) is 22.8 Å². The van der Waals surface area contributed by atoms with E-state index in [4.69, 9.17) is 11.6 Å². The van der Waals surface area contributed by atoms with Crippen molar-refractivity contribution in [2.45, 2.75) is 6.43 Å². The van der Waals surface area contributed by atoms with Crippen LogP contribution in [0.4, 0.5) is 18.9 Å². The van der Waals surface area contributed by atoms with E-state index in [-0.39, 0.29) is 43.4 Å². The van der Waals surface area contributed by atoms with Crippen molar-refractivity contribution in [3.05, 3.63) is 29.0 Å². The fourth-order valence-electron chi connectivity index (χ4n) is 2.24. The molecule has 23 heavy (non-hydrogen) atoms. The molecule has 2 rings (SSSR count). The Bertz CT molecular complexity index is 593. The molecule has 9 heteroatoms. The van der Waals surface area contributed by atoms with E-state index in [1.54, 1.807) is 0 Å².